The van der Waals surface area contributed by atoms with Crippen molar-refractivity contribution >= 4 is 29.2 Å². The Labute approximate surface area is 117 Å². The van der Waals surface area contributed by atoms with Crippen LogP contribution in [0.25, 0.3) is 0 Å². The maximum absolute atomic E-state index is 11.6. The molecule has 4 nitrogen and oxygen atoms in total. The van der Waals surface area contributed by atoms with Gasteiger partial charge in [-0.25, -0.2) is 4.79 Å². The summed E-state index contributed by atoms with van der Waals surface area (Å²) >= 11 is 2.02. The molecule has 0 aliphatic carbocycles. The number of rotatable bonds is 3. The van der Waals surface area contributed by atoms with E-state index in [1.54, 1.807) is 4.90 Å². The van der Waals surface area contributed by atoms with Crippen LogP contribution < -0.4 is 10.2 Å². The Morgan fingerprint density at radius 3 is 2.89 bits per heavy atom. The third-order valence-corrected chi connectivity index (χ3v) is 4.56. The number of nitrogens with one attached hydrogen (secondary N) is 1. The summed E-state index contributed by atoms with van der Waals surface area (Å²) in [5.41, 5.74) is 2.01. The lowest BCUT2D eigenvalue weighted by Gasteiger charge is -2.24. The predicted molar refractivity (Wildman–Crippen MR) is 79.1 cm³/mol. The van der Waals surface area contributed by atoms with Gasteiger partial charge in [0.1, 0.15) is 6.61 Å². The summed E-state index contributed by atoms with van der Waals surface area (Å²) in [6.45, 7) is 1.12. The number of cyclic esters (lactones) is 1. The van der Waals surface area contributed by atoms with Crippen LogP contribution in [-0.4, -0.2) is 36.8 Å². The van der Waals surface area contributed by atoms with Crippen LogP contribution in [0, 0.1) is 0 Å². The molecule has 0 spiro atoms. The molecule has 2 saturated heterocycles. The van der Waals surface area contributed by atoms with E-state index in [4.69, 9.17) is 4.74 Å². The first kappa shape index (κ1) is 12.7. The molecule has 2 aliphatic heterocycles. The van der Waals surface area contributed by atoms with Crippen molar-refractivity contribution in [1.82, 2.24) is 0 Å². The van der Waals surface area contributed by atoms with Gasteiger partial charge >= 0.3 is 6.09 Å². The van der Waals surface area contributed by atoms with Crippen molar-refractivity contribution < 1.29 is 9.53 Å². The zero-order chi connectivity index (χ0) is 13.1. The van der Waals surface area contributed by atoms with Gasteiger partial charge in [-0.05, 0) is 42.5 Å². The predicted octanol–water partition coefficient (Wildman–Crippen LogP) is 2.95. The molecule has 1 N–H and O–H groups in total. The number of thioether (sulfide) groups is 1. The highest BCUT2D eigenvalue weighted by atomic mass is 32.2. The lowest BCUT2D eigenvalue weighted by molar-refractivity contribution is 0.181. The van der Waals surface area contributed by atoms with Crippen LogP contribution in [-0.2, 0) is 4.74 Å². The number of carbonyl (C=O) groups is 1. The van der Waals surface area contributed by atoms with E-state index >= 15 is 0 Å². The summed E-state index contributed by atoms with van der Waals surface area (Å²) in [4.78, 5) is 13.2. The molecule has 0 atom stereocenters. The number of ether oxygens (including phenoxy) is 1. The Balaban J connectivity index is 1.70. The first-order valence-electron chi connectivity index (χ1n) is 6.71. The lowest BCUT2D eigenvalue weighted by Crippen LogP contribution is -2.25. The van der Waals surface area contributed by atoms with Gasteiger partial charge in [-0.1, -0.05) is 6.07 Å². The van der Waals surface area contributed by atoms with E-state index in [9.17, 15) is 4.79 Å². The fraction of sp³-hybridized carbons (Fsp3) is 0.500. The van der Waals surface area contributed by atoms with E-state index in [2.05, 4.69) is 11.4 Å². The number of hydrogen-bond donors (Lipinski definition) is 1. The van der Waals surface area contributed by atoms with Gasteiger partial charge in [-0.2, -0.15) is 11.8 Å². The van der Waals surface area contributed by atoms with Crippen LogP contribution in [0.5, 0.6) is 0 Å². The normalized spacial score (nSPS) is 20.4. The molecule has 0 aromatic heterocycles. The van der Waals surface area contributed by atoms with E-state index in [-0.39, 0.29) is 6.09 Å². The van der Waals surface area contributed by atoms with Gasteiger partial charge in [-0.3, -0.25) is 4.90 Å². The summed E-state index contributed by atoms with van der Waals surface area (Å²) in [5.74, 6) is 2.46. The Kier molecular flexibility index (Phi) is 3.82. The smallest absolute Gasteiger partial charge is 0.414 e. The van der Waals surface area contributed by atoms with Gasteiger partial charge < -0.3 is 10.1 Å². The molecule has 2 aliphatic rings. The van der Waals surface area contributed by atoms with E-state index in [0.717, 1.165) is 11.4 Å². The van der Waals surface area contributed by atoms with Gasteiger partial charge in [0.25, 0.3) is 0 Å². The number of nitrogens with zero attached hydrogens (tertiary/aromatic N) is 1. The molecule has 102 valence electrons. The van der Waals surface area contributed by atoms with Crippen molar-refractivity contribution in [3.05, 3.63) is 24.3 Å². The second-order valence-corrected chi connectivity index (χ2v) is 6.07. The van der Waals surface area contributed by atoms with Crippen LogP contribution in [0.3, 0.4) is 0 Å². The molecule has 0 radical (unpaired) electrons. The second kappa shape index (κ2) is 5.74. The molecular formula is C14H18N2O2S. The minimum atomic E-state index is -0.244. The Morgan fingerprint density at radius 1 is 1.32 bits per heavy atom. The average molecular weight is 278 g/mol. The molecule has 1 aromatic rings. The highest BCUT2D eigenvalue weighted by Gasteiger charge is 2.23. The summed E-state index contributed by atoms with van der Waals surface area (Å²) in [6.07, 6.45) is 2.17. The van der Waals surface area contributed by atoms with Gasteiger partial charge in [0.05, 0.1) is 6.54 Å². The fourth-order valence-electron chi connectivity index (χ4n) is 2.47. The van der Waals surface area contributed by atoms with Crippen molar-refractivity contribution in [2.24, 2.45) is 0 Å². The minimum absolute atomic E-state index is 0.244. The molecule has 2 fully saturated rings. The number of anilines is 2. The van der Waals surface area contributed by atoms with Gasteiger partial charge in [0, 0.05) is 17.4 Å². The molecule has 0 saturated carbocycles. The second-order valence-electron chi connectivity index (χ2n) is 4.85. The SMILES string of the molecule is O=C1OCCN1c1cccc(NC2CCSCC2)c1. The summed E-state index contributed by atoms with van der Waals surface area (Å²) in [5, 5.41) is 3.57. The first-order chi connectivity index (χ1) is 9.33. The van der Waals surface area contributed by atoms with E-state index in [1.165, 1.54) is 24.3 Å². The zero-order valence-electron chi connectivity index (χ0n) is 10.8. The average Bonchev–Trinajstić information content (AvgIpc) is 2.86. The van der Waals surface area contributed by atoms with E-state index < -0.39 is 0 Å². The van der Waals surface area contributed by atoms with Gasteiger partial charge in [0.2, 0.25) is 0 Å². The van der Waals surface area contributed by atoms with Crippen molar-refractivity contribution in [2.45, 2.75) is 18.9 Å². The van der Waals surface area contributed by atoms with Crippen molar-refractivity contribution in [3.63, 3.8) is 0 Å². The van der Waals surface area contributed by atoms with Crippen LogP contribution >= 0.6 is 11.8 Å². The number of benzene rings is 1. The first-order valence-corrected chi connectivity index (χ1v) is 7.87. The number of amides is 1. The molecule has 1 aromatic carbocycles. The highest BCUT2D eigenvalue weighted by Crippen LogP contribution is 2.25. The largest absolute Gasteiger partial charge is 0.447 e. The van der Waals surface area contributed by atoms with Crippen LogP contribution in [0.1, 0.15) is 12.8 Å². The zero-order valence-corrected chi connectivity index (χ0v) is 11.6. The van der Waals surface area contributed by atoms with Crippen molar-refractivity contribution in [1.29, 1.82) is 0 Å². The molecule has 5 heteroatoms. The molecular weight excluding hydrogens is 260 g/mol. The standard InChI is InChI=1S/C14H18N2O2S/c17-14-16(6-7-18-14)13-3-1-2-12(10-13)15-11-4-8-19-9-5-11/h1-3,10-11,15H,4-9H2. The summed E-state index contributed by atoms with van der Waals surface area (Å²) in [6, 6.07) is 8.60. The highest BCUT2D eigenvalue weighted by molar-refractivity contribution is 7.99. The minimum Gasteiger partial charge on any atom is -0.447 e. The molecule has 19 heavy (non-hydrogen) atoms. The molecule has 2 heterocycles. The van der Waals surface area contributed by atoms with Crippen LogP contribution in [0.2, 0.25) is 0 Å². The lowest BCUT2D eigenvalue weighted by atomic mass is 10.1. The molecule has 3 rings (SSSR count). The molecule has 1 amide bonds. The Hall–Kier alpha value is -1.36. The summed E-state index contributed by atoms with van der Waals surface area (Å²) < 4.78 is 4.97. The number of hydrogen-bond acceptors (Lipinski definition) is 4. The topological polar surface area (TPSA) is 41.6 Å². The third kappa shape index (κ3) is 2.97. The quantitative estimate of drug-likeness (QED) is 0.923. The third-order valence-electron chi connectivity index (χ3n) is 3.51. The summed E-state index contributed by atoms with van der Waals surface area (Å²) in [7, 11) is 0. The number of carbonyl (C=O) groups excluding carboxylic acids is 1. The fourth-order valence-corrected chi connectivity index (χ4v) is 3.58. The monoisotopic (exact) mass is 278 g/mol. The molecule has 0 unspecified atom stereocenters. The van der Waals surface area contributed by atoms with E-state index in [1.807, 2.05) is 30.0 Å². The van der Waals surface area contributed by atoms with Crippen LogP contribution in [0.15, 0.2) is 24.3 Å². The van der Waals surface area contributed by atoms with E-state index in [0.29, 0.717) is 19.2 Å². The Bertz CT molecular complexity index is 461. The maximum Gasteiger partial charge on any atom is 0.414 e. The molecule has 0 bridgehead atoms. The van der Waals surface area contributed by atoms with Gasteiger partial charge in [0.15, 0.2) is 0 Å². The van der Waals surface area contributed by atoms with Crippen LogP contribution in [0.4, 0.5) is 16.2 Å². The van der Waals surface area contributed by atoms with Crippen molar-refractivity contribution in [2.75, 3.05) is 34.9 Å². The maximum atomic E-state index is 11.6. The Morgan fingerprint density at radius 2 is 2.16 bits per heavy atom. The van der Waals surface area contributed by atoms with Gasteiger partial charge in [-0.15, -0.1) is 0 Å². The van der Waals surface area contributed by atoms with Crippen molar-refractivity contribution in [3.8, 4) is 0 Å².